The van der Waals surface area contributed by atoms with E-state index in [0.717, 1.165) is 61.7 Å². The second-order valence-corrected chi connectivity index (χ2v) is 10.8. The number of piperidine rings is 1. The topological polar surface area (TPSA) is 61.4 Å². The molecule has 35 heavy (non-hydrogen) atoms. The number of benzene rings is 1. The summed E-state index contributed by atoms with van der Waals surface area (Å²) in [5.74, 6) is 0.675. The van der Waals surface area contributed by atoms with Gasteiger partial charge in [0.05, 0.1) is 14.9 Å². The van der Waals surface area contributed by atoms with Crippen LogP contribution in [0.4, 0.5) is 0 Å². The molecule has 1 aromatic heterocycles. The number of hydrogen-bond donors (Lipinski definition) is 2. The van der Waals surface area contributed by atoms with Gasteiger partial charge in [-0.1, -0.05) is 41.8 Å². The normalized spacial score (nSPS) is 16.5. The minimum absolute atomic E-state index is 0.0453. The van der Waals surface area contributed by atoms with E-state index in [0.29, 0.717) is 16.6 Å². The van der Waals surface area contributed by atoms with Gasteiger partial charge >= 0.3 is 0 Å². The second-order valence-electron chi connectivity index (χ2n) is 9.04. The number of carbonyl (C=O) groups is 2. The van der Waals surface area contributed by atoms with Crippen molar-refractivity contribution in [2.45, 2.75) is 44.9 Å². The molecule has 3 rings (SSSR count). The van der Waals surface area contributed by atoms with Gasteiger partial charge in [0.25, 0.3) is 5.91 Å². The average molecular weight is 537 g/mol. The van der Waals surface area contributed by atoms with Gasteiger partial charge in [-0.15, -0.1) is 11.3 Å². The van der Waals surface area contributed by atoms with E-state index < -0.39 is 0 Å². The van der Waals surface area contributed by atoms with Crippen LogP contribution >= 0.6 is 34.5 Å². The summed E-state index contributed by atoms with van der Waals surface area (Å²) in [5, 5.41) is 8.89. The van der Waals surface area contributed by atoms with E-state index in [1.807, 2.05) is 23.6 Å². The summed E-state index contributed by atoms with van der Waals surface area (Å²) < 4.78 is 0. The molecule has 0 radical (unpaired) electrons. The zero-order valence-corrected chi connectivity index (χ0v) is 22.4. The van der Waals surface area contributed by atoms with Gasteiger partial charge in [0.1, 0.15) is 0 Å². The molecule has 190 valence electrons. The van der Waals surface area contributed by atoms with Gasteiger partial charge < -0.3 is 15.5 Å². The number of nitrogens with zero attached hydrogens (tertiary/aromatic N) is 1. The number of rotatable bonds is 13. The van der Waals surface area contributed by atoms with Gasteiger partial charge in [0, 0.05) is 25.7 Å². The molecule has 1 atom stereocenters. The maximum atomic E-state index is 12.0. The van der Waals surface area contributed by atoms with E-state index in [1.165, 1.54) is 43.2 Å². The molecule has 2 amide bonds. The monoisotopic (exact) mass is 535 g/mol. The van der Waals surface area contributed by atoms with Crippen LogP contribution in [0, 0.1) is 5.92 Å². The fourth-order valence-electron chi connectivity index (χ4n) is 4.37. The number of thiophene rings is 1. The number of hydrogen-bond acceptors (Lipinski definition) is 4. The first-order chi connectivity index (χ1) is 17.0. The van der Waals surface area contributed by atoms with Crippen molar-refractivity contribution in [3.8, 4) is 0 Å². The summed E-state index contributed by atoms with van der Waals surface area (Å²) in [6, 6.07) is 9.06. The van der Waals surface area contributed by atoms with Crippen LogP contribution in [-0.4, -0.2) is 49.4 Å². The van der Waals surface area contributed by atoms with Crippen molar-refractivity contribution >= 4 is 52.4 Å². The van der Waals surface area contributed by atoms with Gasteiger partial charge in [0.2, 0.25) is 5.91 Å². The van der Waals surface area contributed by atoms with Crippen molar-refractivity contribution in [3.63, 3.8) is 0 Å². The number of halogens is 2. The average Bonchev–Trinajstić information content (AvgIpc) is 3.40. The predicted octanol–water partition coefficient (Wildman–Crippen LogP) is 6.28. The zero-order chi connectivity index (χ0) is 24.9. The lowest BCUT2D eigenvalue weighted by molar-refractivity contribution is -0.116. The van der Waals surface area contributed by atoms with E-state index in [9.17, 15) is 9.59 Å². The lowest BCUT2D eigenvalue weighted by atomic mass is 9.93. The molecule has 2 aromatic rings. The van der Waals surface area contributed by atoms with E-state index in [2.05, 4.69) is 15.5 Å². The molecular formula is C27H35Cl2N3O2S. The quantitative estimate of drug-likeness (QED) is 0.234. The molecule has 1 aromatic carbocycles. The third kappa shape index (κ3) is 10.3. The van der Waals surface area contributed by atoms with E-state index >= 15 is 0 Å². The number of nitrogens with one attached hydrogen (secondary N) is 2. The van der Waals surface area contributed by atoms with Crippen LogP contribution in [0.25, 0.3) is 6.08 Å². The third-order valence-corrected chi connectivity index (χ3v) is 7.85. The van der Waals surface area contributed by atoms with Gasteiger partial charge in [-0.2, -0.15) is 0 Å². The lowest BCUT2D eigenvalue weighted by Gasteiger charge is -2.32. The highest BCUT2D eigenvalue weighted by molar-refractivity contribution is 7.12. The Morgan fingerprint density at radius 3 is 2.71 bits per heavy atom. The Morgan fingerprint density at radius 1 is 1.06 bits per heavy atom. The van der Waals surface area contributed by atoms with Gasteiger partial charge in [-0.3, -0.25) is 9.59 Å². The zero-order valence-electron chi connectivity index (χ0n) is 20.1. The standard InChI is InChI=1S/C27H35Cl2N3O2S/c28-23-12-10-21(19-24(23)29)11-13-26(33)30-14-2-1-3-16-32-17-5-8-22(20-32)7-4-15-31-27(34)25-9-6-18-35-25/h6,9-13,18-19,22H,1-5,7-8,14-17,20H2,(H,30,33)(H,31,34)/b13-11+. The second kappa shape index (κ2) is 15.3. The van der Waals surface area contributed by atoms with Gasteiger partial charge in [-0.25, -0.2) is 0 Å². The summed E-state index contributed by atoms with van der Waals surface area (Å²) in [7, 11) is 0. The fraction of sp³-hybridized carbons (Fsp3) is 0.481. The molecule has 1 unspecified atom stereocenters. The highest BCUT2D eigenvalue weighted by atomic mass is 35.5. The lowest BCUT2D eigenvalue weighted by Crippen LogP contribution is -2.36. The first-order valence-electron chi connectivity index (χ1n) is 12.5. The molecule has 1 fully saturated rings. The van der Waals surface area contributed by atoms with Crippen LogP contribution in [0.15, 0.2) is 41.8 Å². The minimum atomic E-state index is -0.0958. The Hall–Kier alpha value is -1.86. The number of unbranched alkanes of at least 4 members (excludes halogenated alkanes) is 2. The first kappa shape index (κ1) is 27.7. The van der Waals surface area contributed by atoms with E-state index in [1.54, 1.807) is 18.2 Å². The van der Waals surface area contributed by atoms with Crippen molar-refractivity contribution < 1.29 is 9.59 Å². The minimum Gasteiger partial charge on any atom is -0.353 e. The Labute approximate surface area is 222 Å². The van der Waals surface area contributed by atoms with Gasteiger partial charge in [-0.05, 0) is 92.8 Å². The van der Waals surface area contributed by atoms with Crippen LogP contribution in [0.2, 0.25) is 10.0 Å². The molecule has 1 saturated heterocycles. The molecule has 0 bridgehead atoms. The molecule has 2 heterocycles. The molecule has 1 aliphatic heterocycles. The summed E-state index contributed by atoms with van der Waals surface area (Å²) in [5.41, 5.74) is 0.845. The highest BCUT2D eigenvalue weighted by Crippen LogP contribution is 2.23. The van der Waals surface area contributed by atoms with Crippen LogP contribution in [0.3, 0.4) is 0 Å². The number of amides is 2. The smallest absolute Gasteiger partial charge is 0.261 e. The van der Waals surface area contributed by atoms with E-state index in [-0.39, 0.29) is 11.8 Å². The Bertz CT molecular complexity index is 965. The SMILES string of the molecule is O=C(/C=C/c1ccc(Cl)c(Cl)c1)NCCCCCN1CCCC(CCCNC(=O)c2cccs2)C1. The molecule has 5 nitrogen and oxygen atoms in total. The third-order valence-electron chi connectivity index (χ3n) is 6.24. The Kier molecular flexibility index (Phi) is 12.1. The van der Waals surface area contributed by atoms with Crippen molar-refractivity contribution in [1.82, 2.24) is 15.5 Å². The molecule has 0 saturated carbocycles. The van der Waals surface area contributed by atoms with Crippen LogP contribution in [-0.2, 0) is 4.79 Å². The van der Waals surface area contributed by atoms with Crippen LogP contribution in [0.5, 0.6) is 0 Å². The fourth-order valence-corrected chi connectivity index (χ4v) is 5.32. The van der Waals surface area contributed by atoms with Crippen molar-refractivity contribution in [2.24, 2.45) is 5.92 Å². The van der Waals surface area contributed by atoms with Crippen LogP contribution in [0.1, 0.15) is 60.2 Å². The molecule has 1 aliphatic rings. The predicted molar refractivity (Wildman–Crippen MR) is 147 cm³/mol. The summed E-state index contributed by atoms with van der Waals surface area (Å²) >= 11 is 13.4. The molecule has 2 N–H and O–H groups in total. The highest BCUT2D eigenvalue weighted by Gasteiger charge is 2.19. The summed E-state index contributed by atoms with van der Waals surface area (Å²) in [6.07, 6.45) is 11.3. The maximum absolute atomic E-state index is 12.0. The maximum Gasteiger partial charge on any atom is 0.261 e. The number of carbonyl (C=O) groups excluding carboxylic acids is 2. The Balaban J connectivity index is 1.21. The van der Waals surface area contributed by atoms with E-state index in [4.69, 9.17) is 23.2 Å². The van der Waals surface area contributed by atoms with Crippen LogP contribution < -0.4 is 10.6 Å². The van der Waals surface area contributed by atoms with Crippen molar-refractivity contribution in [3.05, 3.63) is 62.3 Å². The van der Waals surface area contributed by atoms with Crippen molar-refractivity contribution in [2.75, 3.05) is 32.7 Å². The molecule has 0 aliphatic carbocycles. The largest absolute Gasteiger partial charge is 0.353 e. The molecule has 8 heteroatoms. The Morgan fingerprint density at radius 2 is 1.91 bits per heavy atom. The molecular weight excluding hydrogens is 501 g/mol. The summed E-state index contributed by atoms with van der Waals surface area (Å²) in [4.78, 5) is 27.4. The number of likely N-dealkylation sites (tertiary alicyclic amines) is 1. The van der Waals surface area contributed by atoms with Gasteiger partial charge in [0.15, 0.2) is 0 Å². The summed E-state index contributed by atoms with van der Waals surface area (Å²) in [6.45, 7) is 4.90. The van der Waals surface area contributed by atoms with Crippen molar-refractivity contribution in [1.29, 1.82) is 0 Å². The first-order valence-corrected chi connectivity index (χ1v) is 14.1. The molecule has 0 spiro atoms.